The van der Waals surface area contributed by atoms with Gasteiger partial charge in [0.05, 0.1) is 0 Å². The van der Waals surface area contributed by atoms with Crippen molar-refractivity contribution in [3.8, 4) is 5.75 Å². The number of nitrogens with one attached hydrogen (secondary N) is 1. The molecular weight excluding hydrogens is 256 g/mol. The number of rotatable bonds is 4. The van der Waals surface area contributed by atoms with Crippen LogP contribution >= 0.6 is 0 Å². The summed E-state index contributed by atoms with van der Waals surface area (Å²) in [6.07, 6.45) is 0. The molecule has 0 saturated heterocycles. The Bertz CT molecular complexity index is 607. The summed E-state index contributed by atoms with van der Waals surface area (Å²) in [7, 11) is 1.68. The van der Waals surface area contributed by atoms with Crippen molar-refractivity contribution in [2.75, 3.05) is 7.05 Å². The molecule has 106 valence electrons. The summed E-state index contributed by atoms with van der Waals surface area (Å²) in [6, 6.07) is 6.81. The fourth-order valence-electron chi connectivity index (χ4n) is 1.80. The molecule has 1 aromatic heterocycles. The van der Waals surface area contributed by atoms with Gasteiger partial charge in [-0.25, -0.2) is 4.98 Å². The fraction of sp³-hybridized carbons (Fsp3) is 0.357. The second kappa shape index (κ2) is 5.73. The summed E-state index contributed by atoms with van der Waals surface area (Å²) >= 11 is 0. The van der Waals surface area contributed by atoms with E-state index >= 15 is 0 Å². The Balaban J connectivity index is 2.08. The van der Waals surface area contributed by atoms with Crippen LogP contribution in [0.1, 0.15) is 41.8 Å². The third kappa shape index (κ3) is 3.14. The first kappa shape index (κ1) is 14.0. The maximum absolute atomic E-state index is 12.2. The highest BCUT2D eigenvalue weighted by molar-refractivity contribution is 5.90. The van der Waals surface area contributed by atoms with E-state index in [1.807, 2.05) is 19.9 Å². The van der Waals surface area contributed by atoms with Crippen LogP contribution in [-0.2, 0) is 6.54 Å². The van der Waals surface area contributed by atoms with Gasteiger partial charge in [0.15, 0.2) is 0 Å². The number of benzene rings is 1. The van der Waals surface area contributed by atoms with E-state index < -0.39 is 0 Å². The maximum atomic E-state index is 12.2. The third-order valence-electron chi connectivity index (χ3n) is 2.92. The molecule has 0 aliphatic carbocycles. The molecule has 0 unspecified atom stereocenters. The van der Waals surface area contributed by atoms with Crippen molar-refractivity contribution in [3.05, 3.63) is 41.5 Å². The van der Waals surface area contributed by atoms with Crippen LogP contribution in [0.15, 0.2) is 24.3 Å². The molecule has 0 bridgehead atoms. The van der Waals surface area contributed by atoms with Crippen molar-refractivity contribution in [2.24, 2.45) is 0 Å². The van der Waals surface area contributed by atoms with Crippen LogP contribution in [0.3, 0.4) is 0 Å². The van der Waals surface area contributed by atoms with E-state index in [1.165, 1.54) is 4.90 Å². The third-order valence-corrected chi connectivity index (χ3v) is 2.92. The van der Waals surface area contributed by atoms with E-state index in [1.54, 1.807) is 25.2 Å². The molecule has 6 heteroatoms. The van der Waals surface area contributed by atoms with Gasteiger partial charge in [-0.1, -0.05) is 26.0 Å². The van der Waals surface area contributed by atoms with Gasteiger partial charge < -0.3 is 10.0 Å². The number of phenolic OH excluding ortho intramolecular Hbond substituents is 1. The topological polar surface area (TPSA) is 82.1 Å². The number of carbonyl (C=O) groups excluding carboxylic acids is 1. The van der Waals surface area contributed by atoms with Crippen molar-refractivity contribution in [3.63, 3.8) is 0 Å². The second-order valence-corrected chi connectivity index (χ2v) is 5.03. The summed E-state index contributed by atoms with van der Waals surface area (Å²) in [5, 5.41) is 16.1. The van der Waals surface area contributed by atoms with Crippen LogP contribution in [0, 0.1) is 0 Å². The van der Waals surface area contributed by atoms with Crippen molar-refractivity contribution in [1.82, 2.24) is 20.1 Å². The molecule has 0 radical (unpaired) electrons. The minimum Gasteiger partial charge on any atom is -0.508 e. The lowest BCUT2D eigenvalue weighted by Gasteiger charge is -2.15. The van der Waals surface area contributed by atoms with Gasteiger partial charge in [-0.3, -0.25) is 9.89 Å². The highest BCUT2D eigenvalue weighted by Crippen LogP contribution is 2.14. The summed E-state index contributed by atoms with van der Waals surface area (Å²) in [4.78, 5) is 17.9. The maximum Gasteiger partial charge on any atom is 0.293 e. The number of phenols is 1. The monoisotopic (exact) mass is 274 g/mol. The Labute approximate surface area is 117 Å². The minimum atomic E-state index is -0.253. The number of hydrogen-bond acceptors (Lipinski definition) is 4. The van der Waals surface area contributed by atoms with Crippen molar-refractivity contribution in [2.45, 2.75) is 26.3 Å². The predicted octanol–water partition coefficient (Wildman–Crippen LogP) is 1.91. The Kier molecular flexibility index (Phi) is 4.02. The Hall–Kier alpha value is -2.37. The first-order valence-corrected chi connectivity index (χ1v) is 6.43. The smallest absolute Gasteiger partial charge is 0.293 e. The van der Waals surface area contributed by atoms with Crippen LogP contribution in [-0.4, -0.2) is 38.1 Å². The van der Waals surface area contributed by atoms with Crippen LogP contribution in [0.25, 0.3) is 0 Å². The number of hydrogen-bond donors (Lipinski definition) is 2. The van der Waals surface area contributed by atoms with Gasteiger partial charge in [0.1, 0.15) is 11.6 Å². The molecule has 6 nitrogen and oxygen atoms in total. The van der Waals surface area contributed by atoms with E-state index in [4.69, 9.17) is 0 Å². The molecule has 0 atom stereocenters. The molecule has 1 amide bonds. The van der Waals surface area contributed by atoms with Crippen LogP contribution in [0.4, 0.5) is 0 Å². The fourth-order valence-corrected chi connectivity index (χ4v) is 1.80. The van der Waals surface area contributed by atoms with E-state index in [2.05, 4.69) is 15.2 Å². The molecule has 0 spiro atoms. The molecule has 0 aliphatic heterocycles. The number of carbonyl (C=O) groups is 1. The van der Waals surface area contributed by atoms with E-state index in [0.29, 0.717) is 12.4 Å². The number of H-pyrrole nitrogens is 1. The summed E-state index contributed by atoms with van der Waals surface area (Å²) in [6.45, 7) is 4.34. The van der Waals surface area contributed by atoms with Crippen LogP contribution < -0.4 is 0 Å². The lowest BCUT2D eigenvalue weighted by atomic mass is 10.2. The molecule has 2 aromatic rings. The van der Waals surface area contributed by atoms with E-state index in [9.17, 15) is 9.90 Å². The Morgan fingerprint density at radius 3 is 2.80 bits per heavy atom. The number of nitrogens with zero attached hydrogens (tertiary/aromatic N) is 3. The van der Waals surface area contributed by atoms with E-state index in [-0.39, 0.29) is 23.4 Å². The molecule has 20 heavy (non-hydrogen) atoms. The quantitative estimate of drug-likeness (QED) is 0.892. The standard InChI is InChI=1S/C14H18N4O2/c1-9(2)12-15-13(17-16-12)14(20)18(3)8-10-5-4-6-11(19)7-10/h4-7,9,19H,8H2,1-3H3,(H,15,16,17). The number of aromatic nitrogens is 3. The minimum absolute atomic E-state index is 0.163. The van der Waals surface area contributed by atoms with Crippen LogP contribution in [0.2, 0.25) is 0 Å². The van der Waals surface area contributed by atoms with Gasteiger partial charge in [0.2, 0.25) is 5.82 Å². The first-order valence-electron chi connectivity index (χ1n) is 6.43. The van der Waals surface area contributed by atoms with Crippen LogP contribution in [0.5, 0.6) is 5.75 Å². The number of aromatic hydroxyl groups is 1. The zero-order valence-corrected chi connectivity index (χ0v) is 11.8. The highest BCUT2D eigenvalue weighted by atomic mass is 16.3. The summed E-state index contributed by atoms with van der Waals surface area (Å²) in [5.41, 5.74) is 0.848. The van der Waals surface area contributed by atoms with Crippen molar-refractivity contribution < 1.29 is 9.90 Å². The van der Waals surface area contributed by atoms with Gasteiger partial charge in [-0.15, -0.1) is 5.10 Å². The normalized spacial score (nSPS) is 10.8. The summed E-state index contributed by atoms with van der Waals surface area (Å²) < 4.78 is 0. The molecular formula is C14H18N4O2. The number of aromatic amines is 1. The Morgan fingerprint density at radius 2 is 2.20 bits per heavy atom. The molecule has 0 saturated carbocycles. The molecule has 2 rings (SSSR count). The average Bonchev–Trinajstić information content (AvgIpc) is 2.87. The van der Waals surface area contributed by atoms with Gasteiger partial charge in [0.25, 0.3) is 5.91 Å². The van der Waals surface area contributed by atoms with Gasteiger partial charge in [-0.2, -0.15) is 0 Å². The molecule has 1 aromatic carbocycles. The van der Waals surface area contributed by atoms with Gasteiger partial charge >= 0.3 is 0 Å². The molecule has 0 aliphatic rings. The van der Waals surface area contributed by atoms with Gasteiger partial charge in [-0.05, 0) is 17.7 Å². The molecule has 1 heterocycles. The van der Waals surface area contributed by atoms with Gasteiger partial charge in [0, 0.05) is 19.5 Å². The lowest BCUT2D eigenvalue weighted by Crippen LogP contribution is -2.27. The Morgan fingerprint density at radius 1 is 1.45 bits per heavy atom. The lowest BCUT2D eigenvalue weighted by molar-refractivity contribution is 0.0773. The van der Waals surface area contributed by atoms with Crippen molar-refractivity contribution >= 4 is 5.91 Å². The average molecular weight is 274 g/mol. The zero-order chi connectivity index (χ0) is 14.7. The predicted molar refractivity (Wildman–Crippen MR) is 74.4 cm³/mol. The SMILES string of the molecule is CC(C)c1nc(C(=O)N(C)Cc2cccc(O)c2)n[nH]1. The van der Waals surface area contributed by atoms with E-state index in [0.717, 1.165) is 5.56 Å². The molecule has 2 N–H and O–H groups in total. The van der Waals surface area contributed by atoms with Crippen molar-refractivity contribution in [1.29, 1.82) is 0 Å². The first-order chi connectivity index (χ1) is 9.47. The number of amides is 1. The summed E-state index contributed by atoms with van der Waals surface area (Å²) in [5.74, 6) is 0.982. The zero-order valence-electron chi connectivity index (χ0n) is 11.8. The second-order valence-electron chi connectivity index (χ2n) is 5.03. The largest absolute Gasteiger partial charge is 0.508 e. The highest BCUT2D eigenvalue weighted by Gasteiger charge is 2.18. The molecule has 0 fully saturated rings.